The third kappa shape index (κ3) is 2.54. The Hall–Kier alpha value is -1.68. The van der Waals surface area contributed by atoms with Gasteiger partial charge in [0, 0.05) is 30.3 Å². The zero-order valence-electron chi connectivity index (χ0n) is 10.5. The molecule has 4 heteroatoms. The van der Waals surface area contributed by atoms with Crippen molar-refractivity contribution in [1.82, 2.24) is 0 Å². The lowest BCUT2D eigenvalue weighted by molar-refractivity contribution is 0.0697. The number of hydrogen-bond donors (Lipinski definition) is 1. The second kappa shape index (κ2) is 5.13. The molecule has 19 heavy (non-hydrogen) atoms. The van der Waals surface area contributed by atoms with Gasteiger partial charge in [-0.3, -0.25) is 0 Å². The fraction of sp³-hybridized carbons (Fsp3) is 0.267. The summed E-state index contributed by atoms with van der Waals surface area (Å²) >= 11 is 2.00. The summed E-state index contributed by atoms with van der Waals surface area (Å²) in [6.07, 6.45) is 0. The lowest BCUT2D eigenvalue weighted by atomic mass is 10.1. The van der Waals surface area contributed by atoms with E-state index in [9.17, 15) is 4.79 Å². The van der Waals surface area contributed by atoms with E-state index in [0.29, 0.717) is 5.56 Å². The molecule has 3 nitrogen and oxygen atoms in total. The largest absolute Gasteiger partial charge is 0.478 e. The van der Waals surface area contributed by atoms with Gasteiger partial charge in [0.1, 0.15) is 0 Å². The zero-order valence-corrected chi connectivity index (χ0v) is 11.3. The molecule has 0 saturated carbocycles. The van der Waals surface area contributed by atoms with Gasteiger partial charge in [0.2, 0.25) is 0 Å². The molecule has 0 amide bonds. The number of carbonyl (C=O) groups is 1. The molecule has 1 saturated heterocycles. The Labute approximate surface area is 116 Å². The average molecular weight is 273 g/mol. The van der Waals surface area contributed by atoms with Gasteiger partial charge in [0.15, 0.2) is 0 Å². The number of fused-ring (bicyclic) bond motifs is 1. The fourth-order valence-electron chi connectivity index (χ4n) is 2.38. The van der Waals surface area contributed by atoms with Crippen LogP contribution in [-0.2, 0) is 0 Å². The summed E-state index contributed by atoms with van der Waals surface area (Å²) in [4.78, 5) is 13.3. The van der Waals surface area contributed by atoms with E-state index < -0.39 is 5.97 Å². The van der Waals surface area contributed by atoms with Crippen LogP contribution in [0.15, 0.2) is 36.4 Å². The topological polar surface area (TPSA) is 40.5 Å². The fourth-order valence-corrected chi connectivity index (χ4v) is 3.29. The van der Waals surface area contributed by atoms with Crippen molar-refractivity contribution >= 4 is 34.2 Å². The highest BCUT2D eigenvalue weighted by Crippen LogP contribution is 2.25. The van der Waals surface area contributed by atoms with E-state index in [1.54, 1.807) is 12.1 Å². The number of carboxylic acids is 1. The van der Waals surface area contributed by atoms with Crippen LogP contribution in [0.5, 0.6) is 0 Å². The molecular weight excluding hydrogens is 258 g/mol. The van der Waals surface area contributed by atoms with E-state index in [2.05, 4.69) is 17.0 Å². The van der Waals surface area contributed by atoms with Crippen molar-refractivity contribution in [3.05, 3.63) is 42.0 Å². The maximum atomic E-state index is 10.9. The quantitative estimate of drug-likeness (QED) is 0.913. The lowest BCUT2D eigenvalue weighted by Gasteiger charge is -2.28. The maximum Gasteiger partial charge on any atom is 0.335 e. The Bertz CT molecular complexity index is 621. The predicted molar refractivity (Wildman–Crippen MR) is 80.4 cm³/mol. The molecule has 1 aliphatic rings. The number of thioether (sulfide) groups is 1. The lowest BCUT2D eigenvalue weighted by Crippen LogP contribution is -2.32. The minimum Gasteiger partial charge on any atom is -0.478 e. The smallest absolute Gasteiger partial charge is 0.335 e. The molecule has 1 N–H and O–H groups in total. The molecule has 1 aliphatic heterocycles. The van der Waals surface area contributed by atoms with Crippen LogP contribution >= 0.6 is 11.8 Å². The third-order valence-electron chi connectivity index (χ3n) is 3.45. The first-order valence-corrected chi connectivity index (χ1v) is 7.49. The summed E-state index contributed by atoms with van der Waals surface area (Å²) in [6, 6.07) is 11.5. The average Bonchev–Trinajstić information content (AvgIpc) is 2.47. The second-order valence-electron chi connectivity index (χ2n) is 4.65. The van der Waals surface area contributed by atoms with Crippen molar-refractivity contribution in [3.63, 3.8) is 0 Å². The van der Waals surface area contributed by atoms with Crippen LogP contribution in [0.1, 0.15) is 10.4 Å². The summed E-state index contributed by atoms with van der Waals surface area (Å²) in [5.41, 5.74) is 1.57. The van der Waals surface area contributed by atoms with Crippen LogP contribution < -0.4 is 4.90 Å². The molecule has 1 heterocycles. The van der Waals surface area contributed by atoms with Gasteiger partial charge in [-0.25, -0.2) is 4.79 Å². The molecule has 3 rings (SSSR count). The van der Waals surface area contributed by atoms with E-state index in [-0.39, 0.29) is 0 Å². The van der Waals surface area contributed by atoms with Crippen LogP contribution in [0.3, 0.4) is 0 Å². The van der Waals surface area contributed by atoms with E-state index in [0.717, 1.165) is 23.9 Å². The summed E-state index contributed by atoms with van der Waals surface area (Å²) < 4.78 is 0. The number of benzene rings is 2. The number of aromatic carboxylic acids is 1. The van der Waals surface area contributed by atoms with E-state index in [4.69, 9.17) is 5.11 Å². The molecule has 0 atom stereocenters. The SMILES string of the molecule is O=C(O)c1ccc2cc(N3CCSCC3)ccc2c1. The number of rotatable bonds is 2. The summed E-state index contributed by atoms with van der Waals surface area (Å²) in [5, 5.41) is 11.1. The molecule has 0 radical (unpaired) electrons. The molecule has 1 fully saturated rings. The number of anilines is 1. The van der Waals surface area contributed by atoms with Crippen molar-refractivity contribution in [2.24, 2.45) is 0 Å². The minimum atomic E-state index is -0.876. The molecule has 0 unspecified atom stereocenters. The van der Waals surface area contributed by atoms with Crippen molar-refractivity contribution < 1.29 is 9.90 Å². The van der Waals surface area contributed by atoms with Crippen LogP contribution in [0.2, 0.25) is 0 Å². The molecule has 0 aliphatic carbocycles. The van der Waals surface area contributed by atoms with Gasteiger partial charge in [-0.2, -0.15) is 11.8 Å². The molecule has 0 aromatic heterocycles. The van der Waals surface area contributed by atoms with Gasteiger partial charge in [-0.05, 0) is 35.0 Å². The van der Waals surface area contributed by atoms with Gasteiger partial charge in [-0.1, -0.05) is 12.1 Å². The van der Waals surface area contributed by atoms with Crippen LogP contribution in [0.4, 0.5) is 5.69 Å². The number of carboxylic acid groups (broad SMARTS) is 1. The van der Waals surface area contributed by atoms with Crippen LogP contribution in [0.25, 0.3) is 10.8 Å². The normalized spacial score (nSPS) is 15.7. The molecule has 2 aromatic carbocycles. The first-order chi connectivity index (χ1) is 9.24. The zero-order chi connectivity index (χ0) is 13.2. The van der Waals surface area contributed by atoms with E-state index in [1.807, 2.05) is 23.9 Å². The Morgan fingerprint density at radius 3 is 2.47 bits per heavy atom. The van der Waals surface area contributed by atoms with Gasteiger partial charge in [0.25, 0.3) is 0 Å². The van der Waals surface area contributed by atoms with Gasteiger partial charge >= 0.3 is 5.97 Å². The highest BCUT2D eigenvalue weighted by molar-refractivity contribution is 7.99. The van der Waals surface area contributed by atoms with E-state index >= 15 is 0 Å². The van der Waals surface area contributed by atoms with Crippen LogP contribution in [0, 0.1) is 0 Å². The minimum absolute atomic E-state index is 0.342. The molecule has 98 valence electrons. The Kier molecular flexibility index (Phi) is 3.34. The standard InChI is InChI=1S/C15H15NO2S/c17-15(18)13-2-1-12-10-14(4-3-11(12)9-13)16-5-7-19-8-6-16/h1-4,9-10H,5-8H2,(H,17,18). The first-order valence-electron chi connectivity index (χ1n) is 6.34. The monoisotopic (exact) mass is 273 g/mol. The Morgan fingerprint density at radius 2 is 1.74 bits per heavy atom. The van der Waals surface area contributed by atoms with Crippen molar-refractivity contribution in [2.45, 2.75) is 0 Å². The molecule has 2 aromatic rings. The Morgan fingerprint density at radius 1 is 1.05 bits per heavy atom. The highest BCUT2D eigenvalue weighted by Gasteiger charge is 2.11. The van der Waals surface area contributed by atoms with E-state index in [1.165, 1.54) is 17.2 Å². The van der Waals surface area contributed by atoms with Gasteiger partial charge in [0.05, 0.1) is 5.56 Å². The van der Waals surface area contributed by atoms with Crippen LogP contribution in [-0.4, -0.2) is 35.7 Å². The van der Waals surface area contributed by atoms with Crippen molar-refractivity contribution in [1.29, 1.82) is 0 Å². The second-order valence-corrected chi connectivity index (χ2v) is 5.88. The third-order valence-corrected chi connectivity index (χ3v) is 4.39. The Balaban J connectivity index is 1.97. The maximum absolute atomic E-state index is 10.9. The number of nitrogens with zero attached hydrogens (tertiary/aromatic N) is 1. The highest BCUT2D eigenvalue weighted by atomic mass is 32.2. The summed E-state index contributed by atoms with van der Waals surface area (Å²) in [5.74, 6) is 1.48. The first kappa shape index (κ1) is 12.4. The molecule has 0 bridgehead atoms. The molecule has 0 spiro atoms. The summed E-state index contributed by atoms with van der Waals surface area (Å²) in [6.45, 7) is 2.17. The van der Waals surface area contributed by atoms with Gasteiger partial charge in [-0.15, -0.1) is 0 Å². The van der Waals surface area contributed by atoms with Gasteiger partial charge < -0.3 is 10.0 Å². The van der Waals surface area contributed by atoms with Crippen molar-refractivity contribution in [2.75, 3.05) is 29.5 Å². The predicted octanol–water partition coefficient (Wildman–Crippen LogP) is 3.09. The van der Waals surface area contributed by atoms with Crippen molar-refractivity contribution in [3.8, 4) is 0 Å². The molecular formula is C15H15NO2S. The number of hydrogen-bond acceptors (Lipinski definition) is 3. The summed E-state index contributed by atoms with van der Waals surface area (Å²) in [7, 11) is 0.